The van der Waals surface area contributed by atoms with Crippen molar-refractivity contribution in [1.82, 2.24) is 10.6 Å². The molecule has 2 heterocycles. The molecule has 2 N–H and O–H groups in total. The van der Waals surface area contributed by atoms with Crippen LogP contribution in [0.5, 0.6) is 0 Å². The van der Waals surface area contributed by atoms with Gasteiger partial charge in [-0.3, -0.25) is 4.99 Å². The van der Waals surface area contributed by atoms with Gasteiger partial charge in [0.1, 0.15) is 0 Å². The summed E-state index contributed by atoms with van der Waals surface area (Å²) in [5, 5.41) is 10.7. The Morgan fingerprint density at radius 1 is 1.14 bits per heavy atom. The lowest BCUT2D eigenvalue weighted by Gasteiger charge is -2.34. The summed E-state index contributed by atoms with van der Waals surface area (Å²) in [4.78, 5) is 6.93. The van der Waals surface area contributed by atoms with Crippen LogP contribution < -0.4 is 15.5 Å². The molecule has 6 heteroatoms. The third kappa shape index (κ3) is 6.95. The van der Waals surface area contributed by atoms with E-state index in [9.17, 15) is 0 Å². The molecule has 2 aromatic rings. The lowest BCUT2D eigenvalue weighted by Crippen LogP contribution is -2.50. The quantitative estimate of drug-likeness (QED) is 0.333. The number of halogens is 1. The molecule has 1 fully saturated rings. The number of guanidine groups is 1. The smallest absolute Gasteiger partial charge is 0.191 e. The number of rotatable bonds is 6. The standard InChI is InChI=1S/C22H32N4S.HI/c1-22(2,16-18-8-5-4-6-9-18)17-24-21(23-3)25-19-11-13-26(14-12-19)20-10-7-15-27-20;/h4-10,15,19H,11-14,16-17H2,1-3H3,(H2,23,24,25);1H. The van der Waals surface area contributed by atoms with Gasteiger partial charge in [-0.05, 0) is 47.8 Å². The number of nitrogens with zero attached hydrogens (tertiary/aromatic N) is 2. The summed E-state index contributed by atoms with van der Waals surface area (Å²) >= 11 is 1.83. The minimum absolute atomic E-state index is 0. The predicted octanol–water partition coefficient (Wildman–Crippen LogP) is 4.77. The highest BCUT2D eigenvalue weighted by atomic mass is 127. The number of benzene rings is 1. The maximum absolute atomic E-state index is 4.44. The van der Waals surface area contributed by atoms with E-state index in [1.807, 2.05) is 18.4 Å². The number of thiophene rings is 1. The van der Waals surface area contributed by atoms with Crippen LogP contribution in [0.25, 0.3) is 0 Å². The van der Waals surface area contributed by atoms with Crippen molar-refractivity contribution in [2.75, 3.05) is 31.6 Å². The van der Waals surface area contributed by atoms with Gasteiger partial charge in [0.05, 0.1) is 5.00 Å². The average Bonchev–Trinajstić information content (AvgIpc) is 3.21. The molecule has 0 atom stereocenters. The molecule has 1 aliphatic heterocycles. The van der Waals surface area contributed by atoms with E-state index in [1.54, 1.807) is 0 Å². The highest BCUT2D eigenvalue weighted by Gasteiger charge is 2.22. The van der Waals surface area contributed by atoms with Gasteiger partial charge in [0.25, 0.3) is 0 Å². The summed E-state index contributed by atoms with van der Waals surface area (Å²) in [6.45, 7) is 7.72. The van der Waals surface area contributed by atoms with E-state index in [-0.39, 0.29) is 29.4 Å². The predicted molar refractivity (Wildman–Crippen MR) is 133 cm³/mol. The maximum atomic E-state index is 4.44. The van der Waals surface area contributed by atoms with Crippen molar-refractivity contribution < 1.29 is 0 Å². The Morgan fingerprint density at radius 2 is 1.86 bits per heavy atom. The first kappa shape index (κ1) is 23.0. The lowest BCUT2D eigenvalue weighted by molar-refractivity contribution is 0.357. The average molecular weight is 513 g/mol. The number of nitrogens with one attached hydrogen (secondary N) is 2. The van der Waals surface area contributed by atoms with Crippen LogP contribution in [0.15, 0.2) is 52.8 Å². The Labute approximate surface area is 190 Å². The van der Waals surface area contributed by atoms with Crippen molar-refractivity contribution in [2.45, 2.75) is 39.2 Å². The van der Waals surface area contributed by atoms with Gasteiger partial charge < -0.3 is 15.5 Å². The second kappa shape index (κ2) is 11.0. The van der Waals surface area contributed by atoms with Gasteiger partial charge in [-0.25, -0.2) is 0 Å². The Balaban J connectivity index is 0.00000280. The van der Waals surface area contributed by atoms with Crippen LogP contribution in [0.3, 0.4) is 0 Å². The van der Waals surface area contributed by atoms with Gasteiger partial charge in [0, 0.05) is 32.7 Å². The van der Waals surface area contributed by atoms with Gasteiger partial charge in [0.15, 0.2) is 5.96 Å². The number of anilines is 1. The van der Waals surface area contributed by atoms with Gasteiger partial charge in [-0.1, -0.05) is 44.2 Å². The first-order valence-corrected chi connectivity index (χ1v) is 10.7. The van der Waals surface area contributed by atoms with Gasteiger partial charge in [-0.2, -0.15) is 0 Å². The number of piperidine rings is 1. The van der Waals surface area contributed by atoms with Crippen molar-refractivity contribution in [2.24, 2.45) is 10.4 Å². The van der Waals surface area contributed by atoms with Gasteiger partial charge in [-0.15, -0.1) is 35.3 Å². The molecule has 0 unspecified atom stereocenters. The Bertz CT molecular complexity index is 707. The van der Waals surface area contributed by atoms with Crippen molar-refractivity contribution >= 4 is 46.3 Å². The molecular formula is C22H33IN4S. The Hall–Kier alpha value is -1.28. The van der Waals surface area contributed by atoms with Crippen LogP contribution >= 0.6 is 35.3 Å². The highest BCUT2D eigenvalue weighted by molar-refractivity contribution is 14.0. The van der Waals surface area contributed by atoms with Crippen molar-refractivity contribution in [1.29, 1.82) is 0 Å². The first-order chi connectivity index (χ1) is 13.1. The van der Waals surface area contributed by atoms with E-state index in [2.05, 4.69) is 82.2 Å². The molecule has 4 nitrogen and oxygen atoms in total. The number of aliphatic imine (C=N–C) groups is 1. The first-order valence-electron chi connectivity index (χ1n) is 9.85. The van der Waals surface area contributed by atoms with Crippen molar-refractivity contribution in [3.05, 3.63) is 53.4 Å². The van der Waals surface area contributed by atoms with E-state index in [0.29, 0.717) is 6.04 Å². The van der Waals surface area contributed by atoms with E-state index >= 15 is 0 Å². The van der Waals surface area contributed by atoms with Crippen LogP contribution in [0, 0.1) is 5.41 Å². The molecule has 0 radical (unpaired) electrons. The Morgan fingerprint density at radius 3 is 2.46 bits per heavy atom. The minimum atomic E-state index is 0. The summed E-state index contributed by atoms with van der Waals surface area (Å²) in [7, 11) is 1.86. The molecule has 1 aliphatic rings. The fourth-order valence-corrected chi connectivity index (χ4v) is 4.40. The maximum Gasteiger partial charge on any atom is 0.191 e. The van der Waals surface area contributed by atoms with E-state index in [4.69, 9.17) is 0 Å². The molecule has 0 bridgehead atoms. The van der Waals surface area contributed by atoms with Crippen molar-refractivity contribution in [3.8, 4) is 0 Å². The van der Waals surface area contributed by atoms with Crippen molar-refractivity contribution in [3.63, 3.8) is 0 Å². The van der Waals surface area contributed by atoms with E-state index in [1.165, 1.54) is 10.6 Å². The minimum Gasteiger partial charge on any atom is -0.363 e. The van der Waals surface area contributed by atoms with Crippen LogP contribution in [0.4, 0.5) is 5.00 Å². The molecule has 3 rings (SSSR count). The molecular weight excluding hydrogens is 479 g/mol. The van der Waals surface area contributed by atoms with E-state index in [0.717, 1.165) is 44.9 Å². The molecule has 1 saturated heterocycles. The monoisotopic (exact) mass is 512 g/mol. The largest absolute Gasteiger partial charge is 0.363 e. The second-order valence-electron chi connectivity index (χ2n) is 8.11. The molecule has 1 aromatic carbocycles. The van der Waals surface area contributed by atoms with Crippen LogP contribution in [0.2, 0.25) is 0 Å². The summed E-state index contributed by atoms with van der Waals surface area (Å²) in [5.41, 5.74) is 1.55. The fourth-order valence-electron chi connectivity index (χ4n) is 3.62. The topological polar surface area (TPSA) is 39.7 Å². The zero-order valence-electron chi connectivity index (χ0n) is 17.1. The molecule has 28 heavy (non-hydrogen) atoms. The summed E-state index contributed by atoms with van der Waals surface area (Å²) in [6, 6.07) is 15.5. The van der Waals surface area contributed by atoms with Gasteiger partial charge >= 0.3 is 0 Å². The van der Waals surface area contributed by atoms with E-state index < -0.39 is 0 Å². The number of hydrogen-bond acceptors (Lipinski definition) is 3. The second-order valence-corrected chi connectivity index (χ2v) is 9.04. The highest BCUT2D eigenvalue weighted by Crippen LogP contribution is 2.25. The van der Waals surface area contributed by atoms with Crippen LogP contribution in [-0.4, -0.2) is 38.7 Å². The molecule has 0 saturated carbocycles. The zero-order valence-corrected chi connectivity index (χ0v) is 20.3. The Kier molecular flexibility index (Phi) is 9.08. The molecule has 1 aromatic heterocycles. The van der Waals surface area contributed by atoms with Crippen LogP contribution in [-0.2, 0) is 6.42 Å². The molecule has 0 spiro atoms. The summed E-state index contributed by atoms with van der Waals surface area (Å²) < 4.78 is 0. The van der Waals surface area contributed by atoms with Crippen LogP contribution in [0.1, 0.15) is 32.3 Å². The summed E-state index contributed by atoms with van der Waals surface area (Å²) in [5.74, 6) is 0.922. The fraction of sp³-hybridized carbons (Fsp3) is 0.500. The van der Waals surface area contributed by atoms with Gasteiger partial charge in [0.2, 0.25) is 0 Å². The zero-order chi connectivity index (χ0) is 19.1. The SMILES string of the molecule is CN=C(NCC(C)(C)Cc1ccccc1)NC1CCN(c2cccs2)CC1.I. The molecule has 154 valence electrons. The molecule has 0 amide bonds. The molecule has 0 aliphatic carbocycles. The third-order valence-electron chi connectivity index (χ3n) is 5.14. The number of hydrogen-bond donors (Lipinski definition) is 2. The summed E-state index contributed by atoms with van der Waals surface area (Å²) in [6.07, 6.45) is 3.34. The third-order valence-corrected chi connectivity index (χ3v) is 6.07. The lowest BCUT2D eigenvalue weighted by atomic mass is 9.86. The normalized spacial score (nSPS) is 15.8.